The van der Waals surface area contributed by atoms with Gasteiger partial charge in [0.2, 0.25) is 0 Å². The number of rotatable bonds is 8. The molecule has 22 heavy (non-hydrogen) atoms. The summed E-state index contributed by atoms with van der Waals surface area (Å²) in [4.78, 5) is 15.5. The number of nitrogens with one attached hydrogen (secondary N) is 1. The van der Waals surface area contributed by atoms with E-state index >= 15 is 0 Å². The monoisotopic (exact) mass is 362 g/mol. The Morgan fingerprint density at radius 1 is 1.55 bits per heavy atom. The molecule has 0 aromatic carbocycles. The van der Waals surface area contributed by atoms with Crippen molar-refractivity contribution in [2.24, 2.45) is 11.5 Å². The van der Waals surface area contributed by atoms with Crippen molar-refractivity contribution in [1.82, 2.24) is 10.3 Å². The number of hydrogen-bond acceptors (Lipinski definition) is 7. The molecule has 6 N–H and O–H groups in total. The first kappa shape index (κ1) is 18.7. The van der Waals surface area contributed by atoms with Gasteiger partial charge in [0.25, 0.3) is 0 Å². The van der Waals surface area contributed by atoms with E-state index in [1.165, 1.54) is 29.2 Å². The summed E-state index contributed by atoms with van der Waals surface area (Å²) in [5.74, 6) is -0.402. The van der Waals surface area contributed by atoms with Gasteiger partial charge in [-0.2, -0.15) is 0 Å². The maximum Gasteiger partial charge on any atom is 0.319 e. The molecule has 122 valence electrons. The second-order valence-corrected chi connectivity index (χ2v) is 8.04. The maximum absolute atomic E-state index is 11.1. The molecule has 0 aliphatic rings. The lowest BCUT2D eigenvalue weighted by Gasteiger charge is -2.15. The van der Waals surface area contributed by atoms with Gasteiger partial charge in [-0.15, -0.1) is 11.3 Å². The van der Waals surface area contributed by atoms with E-state index in [9.17, 15) is 4.79 Å². The molecule has 0 spiro atoms. The molecule has 0 saturated carbocycles. The Balaban J connectivity index is 2.48. The Bertz CT molecular complexity index is 580. The number of allylic oxidation sites excluding steroid dienone is 2. The number of nitrogens with two attached hydrogens (primary N) is 2. The number of aliphatic carboxylic acids is 1. The molecule has 0 aliphatic heterocycles. The zero-order valence-corrected chi connectivity index (χ0v) is 14.7. The second kappa shape index (κ2) is 8.30. The van der Waals surface area contributed by atoms with E-state index in [0.717, 1.165) is 10.0 Å². The van der Waals surface area contributed by atoms with E-state index in [4.69, 9.17) is 28.2 Å². The molecular weight excluding hydrogens is 344 g/mol. The Kier molecular flexibility index (Phi) is 7.05. The van der Waals surface area contributed by atoms with Gasteiger partial charge in [0.15, 0.2) is 4.34 Å². The van der Waals surface area contributed by atoms with Crippen molar-refractivity contribution in [3.8, 4) is 0 Å². The van der Waals surface area contributed by atoms with Gasteiger partial charge in [-0.3, -0.25) is 4.79 Å². The van der Waals surface area contributed by atoms with Gasteiger partial charge >= 0.3 is 5.97 Å². The molecule has 1 aromatic heterocycles. The number of aromatic nitrogens is 1. The molecule has 0 saturated heterocycles. The molecule has 0 unspecified atom stereocenters. The number of thiazole rings is 1. The lowest BCUT2D eigenvalue weighted by molar-refractivity contribution is -0.138. The van der Waals surface area contributed by atoms with Crippen molar-refractivity contribution in [3.63, 3.8) is 0 Å². The van der Waals surface area contributed by atoms with E-state index < -0.39 is 10.7 Å². The van der Waals surface area contributed by atoms with Crippen LogP contribution in [0.3, 0.4) is 0 Å². The first-order valence-electron chi connectivity index (χ1n) is 6.40. The number of carboxylic acid groups (broad SMARTS) is 1. The van der Waals surface area contributed by atoms with Crippen molar-refractivity contribution < 1.29 is 9.90 Å². The topological polar surface area (TPSA) is 114 Å². The molecule has 6 nitrogen and oxygen atoms in total. The molecule has 0 bridgehead atoms. The minimum Gasteiger partial charge on any atom is -0.480 e. The minimum absolute atomic E-state index is 0.159. The van der Waals surface area contributed by atoms with Crippen molar-refractivity contribution >= 4 is 40.7 Å². The SMILES string of the molecule is CC(C)(Sc1nc(CCN/C(N)=C/C=C(\N)Cl)cs1)C(=O)O. The summed E-state index contributed by atoms with van der Waals surface area (Å²) >= 11 is 8.17. The van der Waals surface area contributed by atoms with Gasteiger partial charge in [-0.1, -0.05) is 23.4 Å². The summed E-state index contributed by atoms with van der Waals surface area (Å²) in [5.41, 5.74) is 11.9. The number of nitrogens with zero attached hydrogens (tertiary/aromatic N) is 1. The number of hydrogen-bond donors (Lipinski definition) is 4. The summed E-state index contributed by atoms with van der Waals surface area (Å²) in [6, 6.07) is 0. The fourth-order valence-electron chi connectivity index (χ4n) is 1.28. The van der Waals surface area contributed by atoms with Crippen molar-refractivity contribution in [3.05, 3.63) is 34.2 Å². The van der Waals surface area contributed by atoms with Gasteiger partial charge in [0.1, 0.15) is 4.75 Å². The summed E-state index contributed by atoms with van der Waals surface area (Å²) < 4.78 is -0.155. The zero-order chi connectivity index (χ0) is 16.8. The summed E-state index contributed by atoms with van der Waals surface area (Å²) in [6.07, 6.45) is 3.76. The number of halogens is 1. The van der Waals surface area contributed by atoms with Crippen LogP contribution in [0.4, 0.5) is 0 Å². The van der Waals surface area contributed by atoms with Gasteiger partial charge in [-0.25, -0.2) is 4.98 Å². The van der Waals surface area contributed by atoms with Crippen LogP contribution in [0.1, 0.15) is 19.5 Å². The Morgan fingerprint density at radius 2 is 2.23 bits per heavy atom. The maximum atomic E-state index is 11.1. The Labute approximate surface area is 142 Å². The van der Waals surface area contributed by atoms with Gasteiger partial charge in [-0.05, 0) is 26.0 Å². The van der Waals surface area contributed by atoms with Crippen LogP contribution in [-0.2, 0) is 11.2 Å². The van der Waals surface area contributed by atoms with Crippen LogP contribution in [0.25, 0.3) is 0 Å². The highest BCUT2D eigenvalue weighted by Crippen LogP contribution is 2.34. The molecule has 1 heterocycles. The third-order valence-corrected chi connectivity index (χ3v) is 4.82. The number of thioether (sulfide) groups is 1. The fourth-order valence-corrected chi connectivity index (χ4v) is 3.56. The molecule has 1 aromatic rings. The molecule has 0 amide bonds. The highest BCUT2D eigenvalue weighted by Gasteiger charge is 2.29. The van der Waals surface area contributed by atoms with Gasteiger partial charge in [0, 0.05) is 18.3 Å². The van der Waals surface area contributed by atoms with Gasteiger partial charge < -0.3 is 21.9 Å². The summed E-state index contributed by atoms with van der Waals surface area (Å²) in [6.45, 7) is 3.92. The predicted molar refractivity (Wildman–Crippen MR) is 91.8 cm³/mol. The molecule has 0 radical (unpaired) electrons. The van der Waals surface area contributed by atoms with Crippen LogP contribution >= 0.6 is 34.7 Å². The first-order chi connectivity index (χ1) is 10.2. The van der Waals surface area contributed by atoms with Crippen molar-refractivity contribution in [1.29, 1.82) is 0 Å². The zero-order valence-electron chi connectivity index (χ0n) is 12.3. The van der Waals surface area contributed by atoms with Crippen LogP contribution in [0, 0.1) is 0 Å². The average Bonchev–Trinajstić information content (AvgIpc) is 2.83. The predicted octanol–water partition coefficient (Wildman–Crippen LogP) is 2.07. The van der Waals surface area contributed by atoms with E-state index in [2.05, 4.69) is 10.3 Å². The quantitative estimate of drug-likeness (QED) is 0.318. The number of carboxylic acids is 1. The van der Waals surface area contributed by atoms with Crippen LogP contribution < -0.4 is 16.8 Å². The standard InChI is InChI=1S/C13H19ClN4O2S2/c1-13(2,11(19)20)22-12-18-8(7-21-12)5-6-17-10(16)4-3-9(14)15/h3-4,7,17H,5-6,15-16H2,1-2H3,(H,19,20)/b9-3-,10-4+. The summed E-state index contributed by atoms with van der Waals surface area (Å²) in [5, 5.41) is 14.2. The minimum atomic E-state index is -0.894. The molecule has 0 aliphatic carbocycles. The van der Waals surface area contributed by atoms with Crippen molar-refractivity contribution in [2.45, 2.75) is 29.4 Å². The normalized spacial score (nSPS) is 13.2. The molecule has 0 atom stereocenters. The van der Waals surface area contributed by atoms with Crippen LogP contribution in [0.15, 0.2) is 32.8 Å². The van der Waals surface area contributed by atoms with E-state index in [1.54, 1.807) is 19.9 Å². The van der Waals surface area contributed by atoms with Crippen LogP contribution in [-0.4, -0.2) is 27.4 Å². The van der Waals surface area contributed by atoms with Crippen molar-refractivity contribution in [2.75, 3.05) is 6.54 Å². The first-order valence-corrected chi connectivity index (χ1v) is 8.47. The molecule has 1 rings (SSSR count). The van der Waals surface area contributed by atoms with E-state index in [0.29, 0.717) is 18.8 Å². The average molecular weight is 363 g/mol. The lowest BCUT2D eigenvalue weighted by Crippen LogP contribution is -2.26. The molecule has 9 heteroatoms. The third-order valence-electron chi connectivity index (χ3n) is 2.52. The number of carbonyl (C=O) groups is 1. The largest absolute Gasteiger partial charge is 0.480 e. The lowest BCUT2D eigenvalue weighted by atomic mass is 10.2. The highest BCUT2D eigenvalue weighted by molar-refractivity contribution is 8.02. The summed E-state index contributed by atoms with van der Waals surface area (Å²) in [7, 11) is 0. The third kappa shape index (κ3) is 6.59. The van der Waals surface area contributed by atoms with Crippen LogP contribution in [0.2, 0.25) is 0 Å². The second-order valence-electron chi connectivity index (χ2n) is 4.87. The van der Waals surface area contributed by atoms with Crippen LogP contribution in [0.5, 0.6) is 0 Å². The Hall–Kier alpha value is -1.38. The smallest absolute Gasteiger partial charge is 0.319 e. The Morgan fingerprint density at radius 3 is 2.82 bits per heavy atom. The van der Waals surface area contributed by atoms with E-state index in [1.807, 2.05) is 5.38 Å². The van der Waals surface area contributed by atoms with E-state index in [-0.39, 0.29) is 5.16 Å². The molecular formula is C13H19ClN4O2S2. The molecule has 0 fully saturated rings. The fraction of sp³-hybridized carbons (Fsp3) is 0.385. The highest BCUT2D eigenvalue weighted by atomic mass is 35.5. The van der Waals surface area contributed by atoms with Gasteiger partial charge in [0.05, 0.1) is 16.7 Å².